The van der Waals surface area contributed by atoms with Gasteiger partial charge in [-0.15, -0.1) is 0 Å². The van der Waals surface area contributed by atoms with Crippen molar-refractivity contribution in [3.8, 4) is 11.5 Å². The fourth-order valence-electron chi connectivity index (χ4n) is 3.79. The summed E-state index contributed by atoms with van der Waals surface area (Å²) in [5, 5.41) is 26.3. The maximum atomic E-state index is 13.2. The molecule has 0 fully saturated rings. The van der Waals surface area contributed by atoms with Crippen LogP contribution in [-0.2, 0) is 17.0 Å². The molecule has 0 aromatic heterocycles. The second kappa shape index (κ2) is 11.8. The van der Waals surface area contributed by atoms with Crippen molar-refractivity contribution < 1.29 is 24.3 Å². The number of hydrogen-bond acceptors (Lipinski definition) is 7. The number of benzene rings is 4. The highest BCUT2D eigenvalue weighted by Crippen LogP contribution is 2.30. The van der Waals surface area contributed by atoms with E-state index in [2.05, 4.69) is 10.5 Å². The fraction of sp³-hybridized carbons (Fsp3) is 0.103. The normalized spacial score (nSPS) is 11.2. The van der Waals surface area contributed by atoms with Crippen molar-refractivity contribution in [3.63, 3.8) is 0 Å². The molecule has 9 nitrogen and oxygen atoms in total. The molecule has 0 radical (unpaired) electrons. The minimum atomic E-state index is -1.94. The van der Waals surface area contributed by atoms with Crippen LogP contribution in [0.3, 0.4) is 0 Å². The van der Waals surface area contributed by atoms with Gasteiger partial charge >= 0.3 is 0 Å². The molecule has 0 saturated carbocycles. The topological polar surface area (TPSA) is 123 Å². The molecule has 0 atom stereocenters. The number of ether oxygens (including phenoxy) is 2. The number of carbonyl (C=O) groups is 1. The van der Waals surface area contributed by atoms with Crippen LogP contribution >= 0.6 is 0 Å². The number of nitrogens with zero attached hydrogens (tertiary/aromatic N) is 2. The third-order valence-electron chi connectivity index (χ3n) is 5.82. The van der Waals surface area contributed by atoms with E-state index in [1.807, 2.05) is 0 Å². The molecule has 0 saturated heterocycles. The first-order valence-electron chi connectivity index (χ1n) is 11.6. The first-order chi connectivity index (χ1) is 18.4. The standard InChI is InChI=1S/C29H25N3O6/c1-37-27-18-22(14-17-26(27)38-20-21-12-15-25(16-13-21)32(35)36)19-30-31-28(33)29(34,23-8-4-2-5-9-23)24-10-6-3-7-11-24/h2-19,34H,20H2,1H3,(H,31,33)/b30-19-. The van der Waals surface area contributed by atoms with Crippen LogP contribution in [-0.4, -0.2) is 29.3 Å². The molecule has 9 heteroatoms. The number of nitro benzene ring substituents is 1. The Morgan fingerprint density at radius 2 is 1.55 bits per heavy atom. The zero-order chi connectivity index (χ0) is 27.0. The van der Waals surface area contributed by atoms with Crippen molar-refractivity contribution in [1.29, 1.82) is 0 Å². The van der Waals surface area contributed by atoms with E-state index in [9.17, 15) is 20.0 Å². The molecule has 0 aliphatic carbocycles. The Bertz CT molecular complexity index is 1380. The van der Waals surface area contributed by atoms with Crippen LogP contribution < -0.4 is 14.9 Å². The van der Waals surface area contributed by atoms with Crippen LogP contribution in [0.4, 0.5) is 5.69 Å². The van der Waals surface area contributed by atoms with E-state index < -0.39 is 16.4 Å². The lowest BCUT2D eigenvalue weighted by Crippen LogP contribution is -2.43. The summed E-state index contributed by atoms with van der Waals surface area (Å²) in [7, 11) is 1.50. The number of amides is 1. The Morgan fingerprint density at radius 1 is 0.947 bits per heavy atom. The van der Waals surface area contributed by atoms with Gasteiger partial charge in [-0.05, 0) is 52.6 Å². The van der Waals surface area contributed by atoms with Crippen LogP contribution in [0, 0.1) is 10.1 Å². The zero-order valence-corrected chi connectivity index (χ0v) is 20.5. The van der Waals surface area contributed by atoms with Gasteiger partial charge in [0, 0.05) is 12.1 Å². The molecule has 4 aromatic rings. The van der Waals surface area contributed by atoms with Crippen LogP contribution in [0.15, 0.2) is 108 Å². The number of hydrazone groups is 1. The summed E-state index contributed by atoms with van der Waals surface area (Å²) in [6, 6.07) is 28.5. The molecule has 1 amide bonds. The van der Waals surface area contributed by atoms with Gasteiger partial charge in [0.15, 0.2) is 17.1 Å². The number of nitro groups is 1. The van der Waals surface area contributed by atoms with Gasteiger partial charge in [0.2, 0.25) is 0 Å². The summed E-state index contributed by atoms with van der Waals surface area (Å²) in [5.74, 6) is 0.197. The predicted octanol–water partition coefficient (Wildman–Crippen LogP) is 4.57. The molecule has 0 aliphatic rings. The maximum absolute atomic E-state index is 13.2. The van der Waals surface area contributed by atoms with Crippen molar-refractivity contribution in [2.45, 2.75) is 12.2 Å². The Morgan fingerprint density at radius 3 is 2.11 bits per heavy atom. The highest BCUT2D eigenvalue weighted by Gasteiger charge is 2.39. The molecular weight excluding hydrogens is 486 g/mol. The Kier molecular flexibility index (Phi) is 8.10. The van der Waals surface area contributed by atoms with E-state index in [0.717, 1.165) is 5.56 Å². The molecule has 192 valence electrons. The second-order valence-electron chi connectivity index (χ2n) is 8.26. The van der Waals surface area contributed by atoms with Crippen LogP contribution in [0.1, 0.15) is 22.3 Å². The third-order valence-corrected chi connectivity index (χ3v) is 5.82. The van der Waals surface area contributed by atoms with Crippen molar-refractivity contribution >= 4 is 17.8 Å². The summed E-state index contributed by atoms with van der Waals surface area (Å²) in [6.45, 7) is 0.190. The van der Waals surface area contributed by atoms with E-state index in [1.54, 1.807) is 91.0 Å². The van der Waals surface area contributed by atoms with Crippen molar-refractivity contribution in [1.82, 2.24) is 5.43 Å². The smallest absolute Gasteiger partial charge is 0.281 e. The minimum Gasteiger partial charge on any atom is -0.493 e. The average Bonchev–Trinajstić information content (AvgIpc) is 2.97. The Hall–Kier alpha value is -5.02. The van der Waals surface area contributed by atoms with E-state index >= 15 is 0 Å². The fourth-order valence-corrected chi connectivity index (χ4v) is 3.79. The summed E-state index contributed by atoms with van der Waals surface area (Å²) in [5.41, 5.74) is 2.71. The maximum Gasteiger partial charge on any atom is 0.281 e. The Balaban J connectivity index is 1.46. The molecule has 0 spiro atoms. The lowest BCUT2D eigenvalue weighted by molar-refractivity contribution is -0.384. The Labute approximate surface area is 219 Å². The van der Waals surface area contributed by atoms with Crippen molar-refractivity contribution in [2.75, 3.05) is 7.11 Å². The van der Waals surface area contributed by atoms with Gasteiger partial charge in [0.1, 0.15) is 6.61 Å². The number of nitrogens with one attached hydrogen (secondary N) is 1. The van der Waals surface area contributed by atoms with E-state index in [1.165, 1.54) is 25.5 Å². The van der Waals surface area contributed by atoms with Gasteiger partial charge < -0.3 is 14.6 Å². The third kappa shape index (κ3) is 5.85. The molecule has 0 bridgehead atoms. The summed E-state index contributed by atoms with van der Waals surface area (Å²) >= 11 is 0. The van der Waals surface area contributed by atoms with Crippen LogP contribution in [0.25, 0.3) is 0 Å². The van der Waals surface area contributed by atoms with Crippen molar-refractivity contribution in [3.05, 3.63) is 135 Å². The number of rotatable bonds is 10. The van der Waals surface area contributed by atoms with Crippen molar-refractivity contribution in [2.24, 2.45) is 5.10 Å². The quantitative estimate of drug-likeness (QED) is 0.183. The number of aliphatic hydroxyl groups is 1. The minimum absolute atomic E-state index is 0.00744. The molecule has 2 N–H and O–H groups in total. The molecular formula is C29H25N3O6. The highest BCUT2D eigenvalue weighted by molar-refractivity contribution is 5.91. The molecule has 0 unspecified atom stereocenters. The molecule has 0 heterocycles. The first kappa shape index (κ1) is 26.1. The van der Waals surface area contributed by atoms with E-state index in [-0.39, 0.29) is 12.3 Å². The number of methoxy groups -OCH3 is 1. The molecule has 38 heavy (non-hydrogen) atoms. The zero-order valence-electron chi connectivity index (χ0n) is 20.5. The molecule has 4 aromatic carbocycles. The lowest BCUT2D eigenvalue weighted by Gasteiger charge is -2.27. The molecule has 0 aliphatic heterocycles. The summed E-state index contributed by atoms with van der Waals surface area (Å²) in [4.78, 5) is 23.5. The second-order valence-corrected chi connectivity index (χ2v) is 8.26. The largest absolute Gasteiger partial charge is 0.493 e. The monoisotopic (exact) mass is 511 g/mol. The SMILES string of the molecule is COc1cc(/C=N\NC(=O)C(O)(c2ccccc2)c2ccccc2)ccc1OCc1ccc([N+](=O)[O-])cc1. The van der Waals surface area contributed by atoms with Gasteiger partial charge in [0.05, 0.1) is 18.2 Å². The highest BCUT2D eigenvalue weighted by atomic mass is 16.6. The van der Waals surface area contributed by atoms with E-state index in [0.29, 0.717) is 28.2 Å². The number of hydrogen-bond donors (Lipinski definition) is 2. The van der Waals surface area contributed by atoms with Gasteiger partial charge in [-0.2, -0.15) is 5.10 Å². The average molecular weight is 512 g/mol. The van der Waals surface area contributed by atoms with Gasteiger partial charge in [-0.3, -0.25) is 14.9 Å². The summed E-state index contributed by atoms with van der Waals surface area (Å²) in [6.07, 6.45) is 1.43. The van der Waals surface area contributed by atoms with Gasteiger partial charge in [-0.25, -0.2) is 5.43 Å². The summed E-state index contributed by atoms with van der Waals surface area (Å²) < 4.78 is 11.2. The number of non-ortho nitro benzene ring substituents is 1. The first-order valence-corrected chi connectivity index (χ1v) is 11.6. The van der Waals surface area contributed by atoms with Gasteiger partial charge in [0.25, 0.3) is 11.6 Å². The van der Waals surface area contributed by atoms with Gasteiger partial charge in [-0.1, -0.05) is 60.7 Å². The lowest BCUT2D eigenvalue weighted by atomic mass is 9.85. The molecule has 4 rings (SSSR count). The van der Waals surface area contributed by atoms with Crippen LogP contribution in [0.5, 0.6) is 11.5 Å². The van der Waals surface area contributed by atoms with E-state index in [4.69, 9.17) is 9.47 Å². The van der Waals surface area contributed by atoms with Crippen LogP contribution in [0.2, 0.25) is 0 Å². The number of carbonyl (C=O) groups excluding carboxylic acids is 1. The predicted molar refractivity (Wildman–Crippen MR) is 142 cm³/mol.